The number of anilines is 1. The fourth-order valence-electron chi connectivity index (χ4n) is 3.21. The van der Waals surface area contributed by atoms with Gasteiger partial charge in [-0.2, -0.15) is 0 Å². The molecule has 33 heavy (non-hydrogen) atoms. The van der Waals surface area contributed by atoms with Crippen LogP contribution in [0.4, 0.5) is 5.69 Å². The summed E-state index contributed by atoms with van der Waals surface area (Å²) in [6.07, 6.45) is -1.09. The highest BCUT2D eigenvalue weighted by Gasteiger charge is 2.34. The molecule has 3 rings (SSSR count). The van der Waals surface area contributed by atoms with E-state index in [1.54, 1.807) is 25.3 Å². The molecule has 3 aromatic rings. The molecule has 0 aliphatic rings. The predicted octanol–water partition coefficient (Wildman–Crippen LogP) is 5.20. The topological polar surface area (TPSA) is 71.6 Å². The molecule has 0 fully saturated rings. The number of ether oxygens (including phenoxy) is 2. The summed E-state index contributed by atoms with van der Waals surface area (Å²) in [6.45, 7) is 0. The molecule has 0 saturated carbocycles. The van der Waals surface area contributed by atoms with Gasteiger partial charge in [-0.25, -0.2) is 0 Å². The smallest absolute Gasteiger partial charge is 0.228 e. The molecule has 0 aromatic heterocycles. The van der Waals surface area contributed by atoms with Gasteiger partial charge >= 0.3 is 0 Å². The zero-order valence-electron chi connectivity index (χ0n) is 17.8. The third-order valence-electron chi connectivity index (χ3n) is 4.79. The number of hydrogen-bond donors (Lipinski definition) is 3. The van der Waals surface area contributed by atoms with Gasteiger partial charge in [-0.3, -0.25) is 4.79 Å². The van der Waals surface area contributed by atoms with E-state index in [0.29, 0.717) is 17.1 Å². The summed E-state index contributed by atoms with van der Waals surface area (Å²) >= 11 is 23.7. The van der Waals surface area contributed by atoms with Gasteiger partial charge in [-0.15, -0.1) is 0 Å². The highest BCUT2D eigenvalue weighted by atomic mass is 35.6. The average molecular weight is 527 g/mol. The Balaban J connectivity index is 1.70. The first kappa shape index (κ1) is 25.2. The van der Waals surface area contributed by atoms with Crippen molar-refractivity contribution in [1.29, 1.82) is 0 Å². The number of carbonyl (C=O) groups is 1. The summed E-state index contributed by atoms with van der Waals surface area (Å²) in [5.41, 5.74) is 1.43. The predicted molar refractivity (Wildman–Crippen MR) is 139 cm³/mol. The summed E-state index contributed by atoms with van der Waals surface area (Å²) in [4.78, 5) is 12.7. The number of amides is 1. The van der Waals surface area contributed by atoms with Gasteiger partial charge in [0.05, 0.1) is 20.6 Å². The number of benzene rings is 3. The number of thiocarbonyl (C=S) groups is 1. The normalized spacial score (nSPS) is 12.0. The molecule has 3 aromatic carbocycles. The minimum atomic E-state index is -1.87. The number of hydrogen-bond acceptors (Lipinski definition) is 4. The largest absolute Gasteiger partial charge is 0.497 e. The molecule has 1 atom stereocenters. The Labute approximate surface area is 212 Å². The molecule has 0 aliphatic heterocycles. The van der Waals surface area contributed by atoms with Gasteiger partial charge in [0.25, 0.3) is 0 Å². The molecule has 0 radical (unpaired) electrons. The van der Waals surface area contributed by atoms with Crippen LogP contribution in [0.1, 0.15) is 5.56 Å². The highest BCUT2D eigenvalue weighted by Crippen LogP contribution is 2.30. The lowest BCUT2D eigenvalue weighted by atomic mass is 10.1. The lowest BCUT2D eigenvalue weighted by molar-refractivity contribution is -0.121. The van der Waals surface area contributed by atoms with Crippen LogP contribution in [-0.2, 0) is 11.2 Å². The number of rotatable bonds is 7. The van der Waals surface area contributed by atoms with E-state index in [9.17, 15) is 4.79 Å². The van der Waals surface area contributed by atoms with Crippen molar-refractivity contribution in [3.63, 3.8) is 0 Å². The molecule has 0 bridgehead atoms. The molecule has 0 heterocycles. The van der Waals surface area contributed by atoms with Crippen molar-refractivity contribution in [2.45, 2.75) is 16.4 Å². The Bertz CT molecular complexity index is 1150. The first-order chi connectivity index (χ1) is 15.7. The van der Waals surface area contributed by atoms with Crippen molar-refractivity contribution in [3.05, 3.63) is 66.2 Å². The van der Waals surface area contributed by atoms with Crippen LogP contribution in [0.3, 0.4) is 0 Å². The maximum atomic E-state index is 12.7. The van der Waals surface area contributed by atoms with Gasteiger partial charge < -0.3 is 25.4 Å². The Kier molecular flexibility index (Phi) is 8.48. The highest BCUT2D eigenvalue weighted by molar-refractivity contribution is 7.80. The number of methoxy groups -OCH3 is 2. The van der Waals surface area contributed by atoms with Gasteiger partial charge in [0.15, 0.2) is 5.11 Å². The van der Waals surface area contributed by atoms with Gasteiger partial charge in [0.2, 0.25) is 9.70 Å². The van der Waals surface area contributed by atoms with Crippen molar-refractivity contribution < 1.29 is 14.3 Å². The van der Waals surface area contributed by atoms with Gasteiger partial charge in [0.1, 0.15) is 17.7 Å². The van der Waals surface area contributed by atoms with Crippen molar-refractivity contribution in [3.8, 4) is 11.5 Å². The van der Waals surface area contributed by atoms with E-state index in [1.165, 1.54) is 7.11 Å². The summed E-state index contributed by atoms with van der Waals surface area (Å²) in [6, 6.07) is 18.8. The number of halogens is 3. The Morgan fingerprint density at radius 1 is 1.00 bits per heavy atom. The third kappa shape index (κ3) is 6.77. The molecule has 0 aliphatic carbocycles. The van der Waals surface area contributed by atoms with Crippen LogP contribution < -0.4 is 25.4 Å². The standard InChI is InChI=1S/C23H22Cl3N3O3S/c1-31-16-11-10-15(19(13-16)32-2)12-20(30)28-21(23(24,25)26)29-22(33)27-18-9-5-7-14-6-3-4-8-17(14)18/h3-11,13,21H,12H2,1-2H3,(H,28,30)(H2,27,29,33). The molecule has 10 heteroatoms. The van der Waals surface area contributed by atoms with Crippen LogP contribution in [-0.4, -0.2) is 35.2 Å². The average Bonchev–Trinajstić information content (AvgIpc) is 2.78. The second-order valence-corrected chi connectivity index (χ2v) is 9.80. The molecule has 1 unspecified atom stereocenters. The van der Waals surface area contributed by atoms with Crippen LogP contribution >= 0.6 is 47.0 Å². The third-order valence-corrected chi connectivity index (χ3v) is 5.67. The van der Waals surface area contributed by atoms with E-state index in [0.717, 1.165) is 16.5 Å². The summed E-state index contributed by atoms with van der Waals surface area (Å²) < 4.78 is 8.65. The molecule has 6 nitrogen and oxygen atoms in total. The first-order valence-electron chi connectivity index (χ1n) is 9.83. The lowest BCUT2D eigenvalue weighted by Crippen LogP contribution is -2.56. The molecule has 174 valence electrons. The fraction of sp³-hybridized carbons (Fsp3) is 0.217. The number of alkyl halides is 3. The zero-order chi connectivity index (χ0) is 24.0. The molecular weight excluding hydrogens is 505 g/mol. The summed E-state index contributed by atoms with van der Waals surface area (Å²) in [5.74, 6) is 0.730. The first-order valence-corrected chi connectivity index (χ1v) is 11.4. The Morgan fingerprint density at radius 3 is 2.42 bits per heavy atom. The number of fused-ring (bicyclic) bond motifs is 1. The van der Waals surface area contributed by atoms with Crippen LogP contribution in [0.2, 0.25) is 0 Å². The van der Waals surface area contributed by atoms with Gasteiger partial charge in [-0.05, 0) is 29.7 Å². The van der Waals surface area contributed by atoms with Gasteiger partial charge in [0, 0.05) is 22.7 Å². The molecular formula is C23H22Cl3N3O3S. The Hall–Kier alpha value is -2.45. The van der Waals surface area contributed by atoms with Gasteiger partial charge in [-0.1, -0.05) is 77.3 Å². The summed E-state index contributed by atoms with van der Waals surface area (Å²) in [7, 11) is 3.06. The number of nitrogens with one attached hydrogen (secondary N) is 3. The monoisotopic (exact) mass is 525 g/mol. The van der Waals surface area contributed by atoms with Crippen molar-refractivity contribution in [2.24, 2.45) is 0 Å². The van der Waals surface area contributed by atoms with E-state index < -0.39 is 15.9 Å². The second-order valence-electron chi connectivity index (χ2n) is 7.02. The van der Waals surface area contributed by atoms with Crippen molar-refractivity contribution >= 4 is 74.5 Å². The summed E-state index contributed by atoms with van der Waals surface area (Å²) in [5, 5.41) is 10.9. The van der Waals surface area contributed by atoms with Crippen LogP contribution in [0.15, 0.2) is 60.7 Å². The van der Waals surface area contributed by atoms with E-state index in [2.05, 4.69) is 16.0 Å². The molecule has 0 spiro atoms. The molecule has 1 amide bonds. The van der Waals surface area contributed by atoms with Crippen LogP contribution in [0, 0.1) is 0 Å². The maximum Gasteiger partial charge on any atom is 0.228 e. The lowest BCUT2D eigenvalue weighted by Gasteiger charge is -2.28. The maximum absolute atomic E-state index is 12.7. The zero-order valence-corrected chi connectivity index (χ0v) is 20.9. The van der Waals surface area contributed by atoms with E-state index in [-0.39, 0.29) is 11.5 Å². The van der Waals surface area contributed by atoms with Crippen LogP contribution in [0.25, 0.3) is 10.8 Å². The molecule has 0 saturated heterocycles. The quantitative estimate of drug-likeness (QED) is 0.223. The SMILES string of the molecule is COc1ccc(CC(=O)NC(NC(=S)Nc2cccc3ccccc23)C(Cl)(Cl)Cl)c(OC)c1. The van der Waals surface area contributed by atoms with E-state index in [4.69, 9.17) is 56.5 Å². The minimum Gasteiger partial charge on any atom is -0.497 e. The minimum absolute atomic E-state index is 0.00436. The van der Waals surface area contributed by atoms with E-state index >= 15 is 0 Å². The second kappa shape index (κ2) is 11.1. The molecule has 3 N–H and O–H groups in total. The fourth-order valence-corrected chi connectivity index (χ4v) is 3.76. The van der Waals surface area contributed by atoms with Crippen molar-refractivity contribution in [2.75, 3.05) is 19.5 Å². The van der Waals surface area contributed by atoms with Crippen LogP contribution in [0.5, 0.6) is 11.5 Å². The van der Waals surface area contributed by atoms with E-state index in [1.807, 2.05) is 42.5 Å². The number of carbonyl (C=O) groups excluding carboxylic acids is 1. The Morgan fingerprint density at radius 2 is 1.73 bits per heavy atom. The van der Waals surface area contributed by atoms with Crippen molar-refractivity contribution in [1.82, 2.24) is 10.6 Å².